The number of esters is 1. The first-order valence-corrected chi connectivity index (χ1v) is 11.6. The van der Waals surface area contributed by atoms with Gasteiger partial charge in [-0.2, -0.15) is 0 Å². The fourth-order valence-electron chi connectivity index (χ4n) is 1.73. The van der Waals surface area contributed by atoms with Gasteiger partial charge < -0.3 is 14.4 Å². The minimum Gasteiger partial charge on any atom is -0.461 e. The molecule has 0 aliphatic rings. The fourth-order valence-corrected chi connectivity index (χ4v) is 2.44. The predicted octanol–water partition coefficient (Wildman–Crippen LogP) is 1.97. The van der Waals surface area contributed by atoms with Crippen LogP contribution < -0.4 is 0 Å². The van der Waals surface area contributed by atoms with Crippen molar-refractivity contribution in [2.75, 3.05) is 34.4 Å². The highest BCUT2D eigenvalue weighted by Crippen LogP contribution is 2.11. The van der Waals surface area contributed by atoms with Crippen molar-refractivity contribution < 1.29 is 23.9 Å². The number of nitrogens with zero attached hydrogens (tertiary/aromatic N) is 2. The molecule has 0 aromatic carbocycles. The predicted molar refractivity (Wildman–Crippen MR) is 95.5 cm³/mol. The lowest BCUT2D eigenvalue weighted by Crippen LogP contribution is -2.48. The molecule has 0 aromatic heterocycles. The number of amides is 2. The number of hydrogen-bond acceptors (Lipinski definition) is 5. The van der Waals surface area contributed by atoms with E-state index in [9.17, 15) is 14.4 Å². The average Bonchev–Trinajstić information content (AvgIpc) is 2.47. The Morgan fingerprint density at radius 1 is 1.12 bits per heavy atom. The summed E-state index contributed by atoms with van der Waals surface area (Å²) >= 11 is 0. The van der Waals surface area contributed by atoms with E-state index in [1.807, 2.05) is 0 Å². The van der Waals surface area contributed by atoms with Gasteiger partial charge in [0.2, 0.25) is 5.91 Å². The molecule has 0 rings (SSSR count). The van der Waals surface area contributed by atoms with Gasteiger partial charge in [-0.25, -0.2) is 4.79 Å². The number of ether oxygens (including phenoxy) is 2. The molecule has 138 valence electrons. The van der Waals surface area contributed by atoms with E-state index in [1.54, 1.807) is 14.1 Å². The Hall–Kier alpha value is -1.83. The van der Waals surface area contributed by atoms with E-state index in [4.69, 9.17) is 9.47 Å². The SMILES string of the molecule is C=CCOC(=O)CC(C(=O)N(C)C)N(C)C(=O)OCC[Si](C)(C)C. The van der Waals surface area contributed by atoms with Crippen LogP contribution in [-0.4, -0.2) is 76.2 Å². The molecule has 0 saturated heterocycles. The highest BCUT2D eigenvalue weighted by Gasteiger charge is 2.32. The van der Waals surface area contributed by atoms with Gasteiger partial charge in [0.25, 0.3) is 0 Å². The van der Waals surface area contributed by atoms with Gasteiger partial charge in [0.05, 0.1) is 13.0 Å². The smallest absolute Gasteiger partial charge is 0.410 e. The number of carbonyl (C=O) groups is 3. The molecule has 24 heavy (non-hydrogen) atoms. The number of likely N-dealkylation sites (N-methyl/N-ethyl adjacent to an activating group) is 2. The molecule has 0 aromatic rings. The van der Waals surface area contributed by atoms with Crippen molar-refractivity contribution in [2.24, 2.45) is 0 Å². The van der Waals surface area contributed by atoms with Crippen LogP contribution in [0.25, 0.3) is 0 Å². The fraction of sp³-hybridized carbons (Fsp3) is 0.688. The van der Waals surface area contributed by atoms with Crippen molar-refractivity contribution in [3.05, 3.63) is 12.7 Å². The Morgan fingerprint density at radius 3 is 2.17 bits per heavy atom. The summed E-state index contributed by atoms with van der Waals surface area (Å²) in [5.74, 6) is -0.938. The highest BCUT2D eigenvalue weighted by molar-refractivity contribution is 6.76. The molecule has 0 saturated carbocycles. The van der Waals surface area contributed by atoms with Gasteiger partial charge in [-0.3, -0.25) is 14.5 Å². The molecule has 0 spiro atoms. The molecule has 7 nitrogen and oxygen atoms in total. The Kier molecular flexibility index (Phi) is 9.35. The van der Waals surface area contributed by atoms with Crippen LogP contribution in [0.1, 0.15) is 6.42 Å². The van der Waals surface area contributed by atoms with Crippen LogP contribution in [0, 0.1) is 0 Å². The highest BCUT2D eigenvalue weighted by atomic mass is 28.3. The Bertz CT molecular complexity index is 460. The van der Waals surface area contributed by atoms with Crippen LogP contribution in [0.2, 0.25) is 25.7 Å². The van der Waals surface area contributed by atoms with Gasteiger partial charge in [0.1, 0.15) is 12.6 Å². The zero-order chi connectivity index (χ0) is 18.9. The van der Waals surface area contributed by atoms with E-state index in [0.29, 0.717) is 6.61 Å². The minimum absolute atomic E-state index is 0.0616. The summed E-state index contributed by atoms with van der Waals surface area (Å²) in [6.07, 6.45) is 0.587. The molecular weight excluding hydrogens is 328 g/mol. The molecule has 1 unspecified atom stereocenters. The molecule has 0 radical (unpaired) electrons. The Morgan fingerprint density at radius 2 is 1.71 bits per heavy atom. The molecule has 0 bridgehead atoms. The summed E-state index contributed by atoms with van der Waals surface area (Å²) in [4.78, 5) is 38.7. The molecule has 8 heteroatoms. The monoisotopic (exact) mass is 358 g/mol. The van der Waals surface area contributed by atoms with Gasteiger partial charge in [-0.15, -0.1) is 0 Å². The minimum atomic E-state index is -1.32. The number of rotatable bonds is 9. The lowest BCUT2D eigenvalue weighted by molar-refractivity contribution is -0.147. The zero-order valence-corrected chi connectivity index (χ0v) is 16.6. The van der Waals surface area contributed by atoms with Crippen LogP contribution in [0.5, 0.6) is 0 Å². The lowest BCUT2D eigenvalue weighted by atomic mass is 10.1. The normalized spacial score (nSPS) is 12.1. The molecule has 1 atom stereocenters. The largest absolute Gasteiger partial charge is 0.461 e. The molecule has 0 aliphatic heterocycles. The maximum Gasteiger partial charge on any atom is 0.410 e. The van der Waals surface area contributed by atoms with E-state index >= 15 is 0 Å². The van der Waals surface area contributed by atoms with E-state index < -0.39 is 26.2 Å². The van der Waals surface area contributed by atoms with Crippen LogP contribution in [0.4, 0.5) is 4.79 Å². The van der Waals surface area contributed by atoms with Gasteiger partial charge in [-0.05, 0) is 6.04 Å². The second-order valence-electron chi connectivity index (χ2n) is 6.96. The molecule has 2 amide bonds. The second-order valence-corrected chi connectivity index (χ2v) is 12.6. The maximum atomic E-state index is 12.3. The third kappa shape index (κ3) is 8.71. The first kappa shape index (κ1) is 22.2. The second kappa shape index (κ2) is 10.1. The topological polar surface area (TPSA) is 76.2 Å². The van der Waals surface area contributed by atoms with Crippen LogP contribution in [-0.2, 0) is 19.1 Å². The van der Waals surface area contributed by atoms with Crippen molar-refractivity contribution in [3.63, 3.8) is 0 Å². The third-order valence-corrected chi connectivity index (χ3v) is 4.99. The van der Waals surface area contributed by atoms with Crippen molar-refractivity contribution in [3.8, 4) is 0 Å². The summed E-state index contributed by atoms with van der Waals surface area (Å²) < 4.78 is 10.1. The first-order valence-electron chi connectivity index (χ1n) is 7.87. The number of hydrogen-bond donors (Lipinski definition) is 0. The molecule has 0 heterocycles. The lowest BCUT2D eigenvalue weighted by Gasteiger charge is -2.28. The van der Waals surface area contributed by atoms with Crippen molar-refractivity contribution in [1.29, 1.82) is 0 Å². The van der Waals surface area contributed by atoms with Crippen LogP contribution in [0.3, 0.4) is 0 Å². The summed E-state index contributed by atoms with van der Waals surface area (Å²) in [5.41, 5.74) is 0. The number of carbonyl (C=O) groups excluding carboxylic acids is 3. The zero-order valence-electron chi connectivity index (χ0n) is 15.6. The molecule has 0 N–H and O–H groups in total. The molecule has 0 fully saturated rings. The van der Waals surface area contributed by atoms with E-state index in [2.05, 4.69) is 26.2 Å². The van der Waals surface area contributed by atoms with Crippen LogP contribution >= 0.6 is 0 Å². The maximum absolute atomic E-state index is 12.3. The van der Waals surface area contributed by atoms with E-state index in [0.717, 1.165) is 10.9 Å². The van der Waals surface area contributed by atoms with Crippen molar-refractivity contribution in [2.45, 2.75) is 38.1 Å². The standard InChI is InChI=1S/C16H30N2O5Si/c1-8-9-22-14(19)12-13(15(20)17(2)3)18(4)16(21)23-10-11-24(5,6)7/h8,13H,1,9-12H2,2-7H3. The molecular formula is C16H30N2O5Si. The van der Waals surface area contributed by atoms with Gasteiger partial charge in [0, 0.05) is 29.2 Å². The van der Waals surface area contributed by atoms with E-state index in [1.165, 1.54) is 18.0 Å². The van der Waals surface area contributed by atoms with Crippen molar-refractivity contribution >= 4 is 26.0 Å². The Labute approximate surface area is 145 Å². The Balaban J connectivity index is 4.86. The average molecular weight is 359 g/mol. The summed E-state index contributed by atoms with van der Waals surface area (Å²) in [6.45, 7) is 10.4. The van der Waals surface area contributed by atoms with Crippen molar-refractivity contribution in [1.82, 2.24) is 9.80 Å². The van der Waals surface area contributed by atoms with Gasteiger partial charge in [0.15, 0.2) is 0 Å². The van der Waals surface area contributed by atoms with Gasteiger partial charge >= 0.3 is 12.1 Å². The first-order chi connectivity index (χ1) is 11.0. The molecule has 0 aliphatic carbocycles. The van der Waals surface area contributed by atoms with E-state index in [-0.39, 0.29) is 18.9 Å². The summed E-state index contributed by atoms with van der Waals surface area (Å²) in [7, 11) is 3.26. The third-order valence-electron chi connectivity index (χ3n) is 3.28. The summed E-state index contributed by atoms with van der Waals surface area (Å²) in [5, 5.41) is 0. The van der Waals surface area contributed by atoms with Crippen LogP contribution in [0.15, 0.2) is 12.7 Å². The quantitative estimate of drug-likeness (QED) is 0.358. The van der Waals surface area contributed by atoms with Gasteiger partial charge in [-0.1, -0.05) is 32.3 Å². The summed E-state index contributed by atoms with van der Waals surface area (Å²) in [6, 6.07) is -0.128.